The second-order valence-corrected chi connectivity index (χ2v) is 8.83. The van der Waals surface area contributed by atoms with Gasteiger partial charge in [-0.3, -0.25) is 0 Å². The fraction of sp³-hybridized carbons (Fsp3) is 0.765. The van der Waals surface area contributed by atoms with Crippen molar-refractivity contribution >= 4 is 11.3 Å². The van der Waals surface area contributed by atoms with Gasteiger partial charge >= 0.3 is 0 Å². The van der Waals surface area contributed by atoms with Crippen LogP contribution in [0.2, 0.25) is 0 Å². The van der Waals surface area contributed by atoms with Crippen LogP contribution in [-0.4, -0.2) is 0 Å². The predicted molar refractivity (Wildman–Crippen MR) is 81.2 cm³/mol. The summed E-state index contributed by atoms with van der Waals surface area (Å²) < 4.78 is 0. The quantitative estimate of drug-likeness (QED) is 0.853. The summed E-state index contributed by atoms with van der Waals surface area (Å²) in [4.78, 5) is 1.40. The molecule has 1 heterocycles. The average molecular weight is 275 g/mol. The number of rotatable bonds is 3. The molecule has 1 atom stereocenters. The molecule has 4 aliphatic carbocycles. The fourth-order valence-electron chi connectivity index (χ4n) is 5.78. The van der Waals surface area contributed by atoms with Crippen molar-refractivity contribution in [3.63, 3.8) is 0 Å². The van der Waals surface area contributed by atoms with Crippen LogP contribution >= 0.6 is 11.3 Å². The Bertz CT molecular complexity index is 440. The van der Waals surface area contributed by atoms with Gasteiger partial charge in [-0.2, -0.15) is 0 Å². The van der Waals surface area contributed by atoms with Crippen molar-refractivity contribution in [2.24, 2.45) is 28.9 Å². The topological polar surface area (TPSA) is 26.0 Å². The summed E-state index contributed by atoms with van der Waals surface area (Å²) >= 11 is 1.85. The van der Waals surface area contributed by atoms with Gasteiger partial charge in [0.1, 0.15) is 0 Å². The van der Waals surface area contributed by atoms with Gasteiger partial charge in [0, 0.05) is 10.9 Å². The van der Waals surface area contributed by atoms with Crippen LogP contribution in [0.1, 0.15) is 61.4 Å². The Morgan fingerprint density at radius 1 is 1.21 bits per heavy atom. The third kappa shape index (κ3) is 2.17. The molecule has 0 radical (unpaired) electrons. The molecule has 2 heteroatoms. The zero-order chi connectivity index (χ0) is 13.0. The Kier molecular flexibility index (Phi) is 2.82. The lowest BCUT2D eigenvalue weighted by atomic mass is 9.48. The van der Waals surface area contributed by atoms with E-state index in [1.807, 2.05) is 11.3 Å². The highest BCUT2D eigenvalue weighted by Crippen LogP contribution is 2.62. The standard InChI is InChI=1S/C17H25NS/c1-11-2-15(10-19-11)16(18)9-17-6-12-3-13(7-17)5-14(4-12)8-17/h2,10,12-14,16H,3-9,18H2,1H3. The second kappa shape index (κ2) is 4.33. The maximum atomic E-state index is 6.54. The summed E-state index contributed by atoms with van der Waals surface area (Å²) in [6.45, 7) is 2.19. The van der Waals surface area contributed by atoms with Crippen LogP contribution in [0.3, 0.4) is 0 Å². The minimum atomic E-state index is 0.279. The van der Waals surface area contributed by atoms with Crippen molar-refractivity contribution in [1.29, 1.82) is 0 Å². The molecule has 0 aromatic carbocycles. The molecule has 0 aliphatic heterocycles. The summed E-state index contributed by atoms with van der Waals surface area (Å²) in [6, 6.07) is 2.58. The monoisotopic (exact) mass is 275 g/mol. The first-order valence-electron chi connectivity index (χ1n) is 7.92. The van der Waals surface area contributed by atoms with Crippen LogP contribution in [0.25, 0.3) is 0 Å². The summed E-state index contributed by atoms with van der Waals surface area (Å²) in [5.41, 5.74) is 8.54. The van der Waals surface area contributed by atoms with Crippen molar-refractivity contribution in [2.45, 2.75) is 57.9 Å². The molecular formula is C17H25NS. The van der Waals surface area contributed by atoms with Gasteiger partial charge in [-0.25, -0.2) is 0 Å². The zero-order valence-electron chi connectivity index (χ0n) is 11.9. The van der Waals surface area contributed by atoms with E-state index >= 15 is 0 Å². The highest BCUT2D eigenvalue weighted by molar-refractivity contribution is 7.10. The van der Waals surface area contributed by atoms with E-state index in [1.54, 1.807) is 0 Å². The van der Waals surface area contributed by atoms with Gasteiger partial charge in [0.2, 0.25) is 0 Å². The predicted octanol–water partition coefficient (Wildman–Crippen LogP) is 4.66. The van der Waals surface area contributed by atoms with Crippen molar-refractivity contribution in [2.75, 3.05) is 0 Å². The van der Waals surface area contributed by atoms with E-state index in [9.17, 15) is 0 Å². The number of aryl methyl sites for hydroxylation is 1. The van der Waals surface area contributed by atoms with E-state index in [-0.39, 0.29) is 6.04 Å². The summed E-state index contributed by atoms with van der Waals surface area (Å²) in [7, 11) is 0. The Morgan fingerprint density at radius 3 is 2.26 bits per heavy atom. The van der Waals surface area contributed by atoms with Gasteiger partial charge in [-0.1, -0.05) is 0 Å². The van der Waals surface area contributed by atoms with Crippen LogP contribution in [0.15, 0.2) is 11.4 Å². The number of hydrogen-bond donors (Lipinski definition) is 1. The van der Waals surface area contributed by atoms with E-state index in [2.05, 4.69) is 18.4 Å². The highest BCUT2D eigenvalue weighted by Gasteiger charge is 2.51. The largest absolute Gasteiger partial charge is 0.324 e. The molecule has 0 spiro atoms. The van der Waals surface area contributed by atoms with Crippen molar-refractivity contribution in [1.82, 2.24) is 0 Å². The van der Waals surface area contributed by atoms with Crippen molar-refractivity contribution in [3.05, 3.63) is 21.9 Å². The van der Waals surface area contributed by atoms with Crippen LogP contribution < -0.4 is 5.73 Å². The Labute approximate surface area is 120 Å². The summed E-state index contributed by atoms with van der Waals surface area (Å²) in [5, 5.41) is 2.28. The number of hydrogen-bond acceptors (Lipinski definition) is 2. The van der Waals surface area contributed by atoms with E-state index in [0.717, 1.165) is 17.8 Å². The second-order valence-electron chi connectivity index (χ2n) is 7.72. The van der Waals surface area contributed by atoms with E-state index < -0.39 is 0 Å². The van der Waals surface area contributed by atoms with E-state index in [4.69, 9.17) is 5.73 Å². The van der Waals surface area contributed by atoms with Gasteiger partial charge in [-0.05, 0) is 92.0 Å². The molecular weight excluding hydrogens is 250 g/mol. The van der Waals surface area contributed by atoms with Crippen molar-refractivity contribution < 1.29 is 0 Å². The molecule has 4 saturated carbocycles. The maximum Gasteiger partial charge on any atom is 0.0308 e. The first kappa shape index (κ1) is 12.4. The van der Waals surface area contributed by atoms with Crippen LogP contribution in [0.5, 0.6) is 0 Å². The lowest BCUT2D eigenvalue weighted by Crippen LogP contribution is -2.47. The van der Waals surface area contributed by atoms with Gasteiger partial charge in [-0.15, -0.1) is 11.3 Å². The smallest absolute Gasteiger partial charge is 0.0308 e. The number of nitrogens with two attached hydrogens (primary N) is 1. The molecule has 5 rings (SSSR count). The first-order valence-corrected chi connectivity index (χ1v) is 8.80. The molecule has 1 nitrogen and oxygen atoms in total. The molecule has 104 valence electrons. The maximum absolute atomic E-state index is 6.54. The molecule has 4 bridgehead atoms. The van der Waals surface area contributed by atoms with Gasteiger partial charge in [0.25, 0.3) is 0 Å². The van der Waals surface area contributed by atoms with Gasteiger partial charge in [0.15, 0.2) is 0 Å². The van der Waals surface area contributed by atoms with Crippen LogP contribution in [0, 0.1) is 30.1 Å². The lowest BCUT2D eigenvalue weighted by Gasteiger charge is -2.57. The first-order chi connectivity index (χ1) is 9.12. The highest BCUT2D eigenvalue weighted by atomic mass is 32.1. The molecule has 19 heavy (non-hydrogen) atoms. The van der Waals surface area contributed by atoms with Gasteiger partial charge in [0.05, 0.1) is 0 Å². The minimum Gasteiger partial charge on any atom is -0.324 e. The molecule has 1 aromatic rings. The van der Waals surface area contributed by atoms with Crippen LogP contribution in [0.4, 0.5) is 0 Å². The third-order valence-electron chi connectivity index (χ3n) is 6.00. The molecule has 4 aliphatic rings. The average Bonchev–Trinajstić information content (AvgIpc) is 2.73. The minimum absolute atomic E-state index is 0.279. The fourth-order valence-corrected chi connectivity index (χ4v) is 6.55. The normalized spacial score (nSPS) is 41.7. The van der Waals surface area contributed by atoms with Gasteiger partial charge < -0.3 is 5.73 Å². The Hall–Kier alpha value is -0.340. The van der Waals surface area contributed by atoms with E-state index in [0.29, 0.717) is 5.41 Å². The summed E-state index contributed by atoms with van der Waals surface area (Å²) in [6.07, 6.45) is 10.3. The molecule has 1 aromatic heterocycles. The third-order valence-corrected chi connectivity index (χ3v) is 6.88. The van der Waals surface area contributed by atoms with Crippen LogP contribution in [-0.2, 0) is 0 Å². The zero-order valence-corrected chi connectivity index (χ0v) is 12.7. The molecule has 0 saturated heterocycles. The van der Waals surface area contributed by atoms with E-state index in [1.165, 1.54) is 55.4 Å². The molecule has 4 fully saturated rings. The number of thiophene rings is 1. The SMILES string of the molecule is Cc1cc(C(N)CC23CC4CC(CC(C4)C2)C3)cs1. The lowest BCUT2D eigenvalue weighted by molar-refractivity contribution is -0.0605. The van der Waals surface area contributed by atoms with Crippen molar-refractivity contribution in [3.8, 4) is 0 Å². The molecule has 2 N–H and O–H groups in total. The summed E-state index contributed by atoms with van der Waals surface area (Å²) in [5.74, 6) is 3.13. The Balaban J connectivity index is 1.53. The molecule has 0 amide bonds. The Morgan fingerprint density at radius 2 is 1.79 bits per heavy atom. The molecule has 1 unspecified atom stereocenters.